The lowest BCUT2D eigenvalue weighted by Gasteiger charge is -2.25. The van der Waals surface area contributed by atoms with Crippen molar-refractivity contribution in [1.82, 2.24) is 9.62 Å². The van der Waals surface area contributed by atoms with E-state index in [1.54, 1.807) is 0 Å². The van der Waals surface area contributed by atoms with E-state index >= 15 is 0 Å². The molecule has 170 valence electrons. The van der Waals surface area contributed by atoms with Crippen molar-refractivity contribution < 1.29 is 31.9 Å². The van der Waals surface area contributed by atoms with E-state index < -0.39 is 39.9 Å². The Labute approximate surface area is 183 Å². The fourth-order valence-corrected chi connectivity index (χ4v) is 3.88. The summed E-state index contributed by atoms with van der Waals surface area (Å²) in [6, 6.07) is 8.61. The van der Waals surface area contributed by atoms with Crippen LogP contribution in [0.4, 0.5) is 10.1 Å². The lowest BCUT2D eigenvalue weighted by molar-refractivity contribution is -0.120. The molecule has 12 heteroatoms. The Hall–Kier alpha value is -3.35. The number of fused-ring (bicyclic) bond motifs is 1. The molecule has 0 aliphatic carbocycles. The van der Waals surface area contributed by atoms with E-state index in [4.69, 9.17) is 5.14 Å². The number of halogens is 1. The van der Waals surface area contributed by atoms with E-state index in [2.05, 4.69) is 14.8 Å². The van der Waals surface area contributed by atoms with Gasteiger partial charge in [0.2, 0.25) is 0 Å². The molecule has 1 heterocycles. The minimum absolute atomic E-state index is 0.0320. The summed E-state index contributed by atoms with van der Waals surface area (Å²) < 4.78 is 43.4. The average molecular weight is 464 g/mol. The van der Waals surface area contributed by atoms with Gasteiger partial charge in [-0.1, -0.05) is 12.1 Å². The summed E-state index contributed by atoms with van der Waals surface area (Å²) in [6.45, 7) is -0.104. The fourth-order valence-electron chi connectivity index (χ4n) is 3.45. The molecular weight excluding hydrogens is 443 g/mol. The van der Waals surface area contributed by atoms with Gasteiger partial charge in [-0.15, -0.1) is 0 Å². The number of nitrogens with two attached hydrogens (primary N) is 1. The first kappa shape index (κ1) is 23.3. The summed E-state index contributed by atoms with van der Waals surface area (Å²) in [5.74, 6) is -2.57. The lowest BCUT2D eigenvalue weighted by Crippen LogP contribution is -2.38. The Morgan fingerprint density at radius 1 is 1.22 bits per heavy atom. The number of esters is 1. The largest absolute Gasteiger partial charge is 0.465 e. The maximum atomic E-state index is 14.6. The van der Waals surface area contributed by atoms with Gasteiger partial charge in [0.05, 0.1) is 12.7 Å². The van der Waals surface area contributed by atoms with E-state index in [1.807, 2.05) is 0 Å². The van der Waals surface area contributed by atoms with Gasteiger partial charge in [-0.2, -0.15) is 8.42 Å². The van der Waals surface area contributed by atoms with Crippen molar-refractivity contribution in [3.05, 3.63) is 65.0 Å². The molecule has 3 rings (SSSR count). The van der Waals surface area contributed by atoms with Gasteiger partial charge in [-0.3, -0.25) is 9.59 Å². The summed E-state index contributed by atoms with van der Waals surface area (Å²) in [5.41, 5.74) is 0.433. The lowest BCUT2D eigenvalue weighted by atomic mass is 10.0. The number of benzene rings is 2. The Kier molecular flexibility index (Phi) is 6.87. The van der Waals surface area contributed by atoms with Gasteiger partial charge in [0.25, 0.3) is 22.0 Å². The van der Waals surface area contributed by atoms with Crippen LogP contribution in [0.15, 0.2) is 42.5 Å². The molecule has 32 heavy (non-hydrogen) atoms. The van der Waals surface area contributed by atoms with E-state index in [9.17, 15) is 27.2 Å². The molecule has 0 aromatic heterocycles. The summed E-state index contributed by atoms with van der Waals surface area (Å²) in [6.07, 6.45) is 0.138. The molecule has 1 aliphatic heterocycles. The highest BCUT2D eigenvalue weighted by Crippen LogP contribution is 2.36. The molecule has 0 fully saturated rings. The Bertz CT molecular complexity index is 1170. The molecule has 1 unspecified atom stereocenters. The molecule has 1 atom stereocenters. The van der Waals surface area contributed by atoms with Crippen molar-refractivity contribution in [3.8, 4) is 0 Å². The third kappa shape index (κ3) is 5.10. The maximum Gasteiger partial charge on any atom is 0.337 e. The molecule has 0 saturated carbocycles. The number of anilines is 1. The normalized spacial score (nSPS) is 15.4. The van der Waals surface area contributed by atoms with Crippen LogP contribution in [0.25, 0.3) is 0 Å². The predicted molar refractivity (Wildman–Crippen MR) is 112 cm³/mol. The summed E-state index contributed by atoms with van der Waals surface area (Å²) in [7, 11) is -2.69. The van der Waals surface area contributed by atoms with Crippen molar-refractivity contribution in [3.63, 3.8) is 0 Å². The zero-order valence-corrected chi connectivity index (χ0v) is 17.8. The number of carbonyl (C=O) groups excluding carboxylic acids is 3. The van der Waals surface area contributed by atoms with Crippen LogP contribution in [-0.2, 0) is 19.7 Å². The van der Waals surface area contributed by atoms with Gasteiger partial charge in [0.1, 0.15) is 11.9 Å². The van der Waals surface area contributed by atoms with Crippen LogP contribution in [0.1, 0.15) is 38.7 Å². The fraction of sp³-hybridized carbons (Fsp3) is 0.250. The maximum absolute atomic E-state index is 14.6. The molecular formula is C20H21FN4O6S. The zero-order valence-electron chi connectivity index (χ0n) is 17.0. The van der Waals surface area contributed by atoms with Crippen LogP contribution < -0.4 is 15.2 Å². The number of ether oxygens (including phenoxy) is 1. The molecule has 2 aromatic rings. The van der Waals surface area contributed by atoms with E-state index in [0.717, 1.165) is 11.0 Å². The number of hydrogen-bond donors (Lipinski definition) is 3. The van der Waals surface area contributed by atoms with Gasteiger partial charge >= 0.3 is 5.97 Å². The van der Waals surface area contributed by atoms with Gasteiger partial charge in [0, 0.05) is 29.9 Å². The second kappa shape index (κ2) is 9.42. The standard InChI is InChI=1S/C20H21FN4O6S/c1-31-20(28)12-5-2-6-13(11-12)24-18(26)17-16-14(7-3-8-15(16)21)19(27)25(17)10-4-9-23-32(22,29)30/h2-3,5-8,11,17,23H,4,9-10H2,1H3,(H,24,26)(H2,22,29,30). The van der Waals surface area contributed by atoms with E-state index in [0.29, 0.717) is 0 Å². The molecule has 0 radical (unpaired) electrons. The number of nitrogens with one attached hydrogen (secondary N) is 2. The van der Waals surface area contributed by atoms with Gasteiger partial charge in [-0.05, 0) is 36.8 Å². The van der Waals surface area contributed by atoms with Crippen LogP contribution >= 0.6 is 0 Å². The first-order valence-corrected chi connectivity index (χ1v) is 11.0. The van der Waals surface area contributed by atoms with Crippen molar-refractivity contribution >= 4 is 33.7 Å². The number of methoxy groups -OCH3 is 1. The number of nitrogens with zero attached hydrogens (tertiary/aromatic N) is 1. The smallest absolute Gasteiger partial charge is 0.337 e. The highest BCUT2D eigenvalue weighted by Gasteiger charge is 2.42. The van der Waals surface area contributed by atoms with Crippen molar-refractivity contribution in [1.29, 1.82) is 0 Å². The zero-order chi connectivity index (χ0) is 23.5. The quantitative estimate of drug-likeness (QED) is 0.391. The molecule has 4 N–H and O–H groups in total. The van der Waals surface area contributed by atoms with Crippen LogP contribution in [0.2, 0.25) is 0 Å². The van der Waals surface area contributed by atoms with Crippen molar-refractivity contribution in [2.24, 2.45) is 5.14 Å². The Balaban J connectivity index is 1.85. The van der Waals surface area contributed by atoms with E-state index in [-0.39, 0.29) is 41.9 Å². The first-order chi connectivity index (χ1) is 15.1. The number of hydrogen-bond acceptors (Lipinski definition) is 6. The molecule has 0 saturated heterocycles. The van der Waals surface area contributed by atoms with Crippen LogP contribution in [0, 0.1) is 5.82 Å². The SMILES string of the molecule is COC(=O)c1cccc(NC(=O)C2c3c(F)cccc3C(=O)N2CCCNS(N)(=O)=O)c1. The topological polar surface area (TPSA) is 148 Å². The third-order valence-electron chi connectivity index (χ3n) is 4.81. The third-order valence-corrected chi connectivity index (χ3v) is 5.41. The molecule has 0 bridgehead atoms. The van der Waals surface area contributed by atoms with Crippen LogP contribution in [-0.4, -0.2) is 51.3 Å². The van der Waals surface area contributed by atoms with Crippen LogP contribution in [0.3, 0.4) is 0 Å². The van der Waals surface area contributed by atoms with E-state index in [1.165, 1.54) is 43.5 Å². The Morgan fingerprint density at radius 3 is 2.62 bits per heavy atom. The second-order valence-electron chi connectivity index (χ2n) is 6.96. The molecule has 2 aromatic carbocycles. The minimum atomic E-state index is -3.91. The average Bonchev–Trinajstić information content (AvgIpc) is 3.03. The minimum Gasteiger partial charge on any atom is -0.465 e. The van der Waals surface area contributed by atoms with Gasteiger partial charge < -0.3 is 15.0 Å². The molecule has 1 aliphatic rings. The number of rotatable bonds is 8. The van der Waals surface area contributed by atoms with Crippen LogP contribution in [0.5, 0.6) is 0 Å². The van der Waals surface area contributed by atoms with Gasteiger partial charge in [-0.25, -0.2) is 19.0 Å². The monoisotopic (exact) mass is 464 g/mol. The molecule has 2 amide bonds. The highest BCUT2D eigenvalue weighted by molar-refractivity contribution is 7.87. The predicted octanol–water partition coefficient (Wildman–Crippen LogP) is 0.931. The second-order valence-corrected chi connectivity index (χ2v) is 8.34. The molecule has 10 nitrogen and oxygen atoms in total. The number of amides is 2. The summed E-state index contributed by atoms with van der Waals surface area (Å²) in [4.78, 5) is 38.9. The Morgan fingerprint density at radius 2 is 1.94 bits per heavy atom. The van der Waals surface area contributed by atoms with Crippen molar-refractivity contribution in [2.75, 3.05) is 25.5 Å². The molecule has 0 spiro atoms. The first-order valence-electron chi connectivity index (χ1n) is 9.48. The number of carbonyl (C=O) groups is 3. The van der Waals surface area contributed by atoms with Crippen molar-refractivity contribution in [2.45, 2.75) is 12.5 Å². The van der Waals surface area contributed by atoms with Gasteiger partial charge in [0.15, 0.2) is 0 Å². The highest BCUT2D eigenvalue weighted by atomic mass is 32.2. The summed E-state index contributed by atoms with van der Waals surface area (Å²) in [5, 5.41) is 7.48. The summed E-state index contributed by atoms with van der Waals surface area (Å²) >= 11 is 0.